The van der Waals surface area contributed by atoms with E-state index in [-0.39, 0.29) is 17.8 Å². The van der Waals surface area contributed by atoms with Crippen LogP contribution in [0.5, 0.6) is 5.75 Å². The van der Waals surface area contributed by atoms with E-state index < -0.39 is 11.7 Å². The van der Waals surface area contributed by atoms with Crippen LogP contribution in [0.25, 0.3) is 6.08 Å². The van der Waals surface area contributed by atoms with Crippen molar-refractivity contribution in [1.29, 1.82) is 0 Å². The molecule has 0 spiro atoms. The smallest absolute Gasteiger partial charge is 0.293 e. The Labute approximate surface area is 165 Å². The molecule has 0 saturated carbocycles. The maximum absolute atomic E-state index is 12.9. The van der Waals surface area contributed by atoms with Crippen molar-refractivity contribution in [2.24, 2.45) is 0 Å². The van der Waals surface area contributed by atoms with Crippen molar-refractivity contribution in [3.63, 3.8) is 0 Å². The summed E-state index contributed by atoms with van der Waals surface area (Å²) < 4.78 is 18.5. The van der Waals surface area contributed by atoms with Gasteiger partial charge in [0.05, 0.1) is 4.91 Å². The van der Waals surface area contributed by atoms with Gasteiger partial charge in [-0.25, -0.2) is 4.39 Å². The van der Waals surface area contributed by atoms with E-state index in [0.29, 0.717) is 28.5 Å². The predicted octanol–water partition coefficient (Wildman–Crippen LogP) is 3.90. The minimum atomic E-state index is -0.410. The summed E-state index contributed by atoms with van der Waals surface area (Å²) in [5.41, 5.74) is 1.04. The van der Waals surface area contributed by atoms with E-state index in [1.54, 1.807) is 37.3 Å². The zero-order chi connectivity index (χ0) is 20.1. The highest BCUT2D eigenvalue weighted by molar-refractivity contribution is 8.18. The second-order valence-corrected chi connectivity index (χ2v) is 6.80. The maximum Gasteiger partial charge on any atom is 0.293 e. The van der Waals surface area contributed by atoms with Crippen LogP contribution in [0, 0.1) is 5.82 Å². The van der Waals surface area contributed by atoms with Crippen LogP contribution in [0.15, 0.2) is 53.4 Å². The lowest BCUT2D eigenvalue weighted by molar-refractivity contribution is -0.122. The highest BCUT2D eigenvalue weighted by atomic mass is 32.2. The highest BCUT2D eigenvalue weighted by Gasteiger charge is 2.33. The van der Waals surface area contributed by atoms with Gasteiger partial charge in [-0.3, -0.25) is 19.3 Å². The van der Waals surface area contributed by atoms with E-state index in [0.717, 1.165) is 16.7 Å². The lowest BCUT2D eigenvalue weighted by Gasteiger charge is -2.10. The van der Waals surface area contributed by atoms with Gasteiger partial charge in [-0.15, -0.1) is 0 Å². The maximum atomic E-state index is 12.9. The topological polar surface area (TPSA) is 75.7 Å². The number of ether oxygens (including phenoxy) is 1. The molecule has 1 fully saturated rings. The van der Waals surface area contributed by atoms with Gasteiger partial charge < -0.3 is 10.1 Å². The van der Waals surface area contributed by atoms with Gasteiger partial charge in [0.1, 0.15) is 11.6 Å². The first kappa shape index (κ1) is 19.6. The Morgan fingerprint density at radius 1 is 1.18 bits per heavy atom. The third-order valence-corrected chi connectivity index (χ3v) is 4.79. The molecule has 28 heavy (non-hydrogen) atoms. The monoisotopic (exact) mass is 400 g/mol. The molecule has 0 bridgehead atoms. The minimum Gasteiger partial charge on any atom is -0.483 e. The van der Waals surface area contributed by atoms with Crippen LogP contribution in [-0.4, -0.2) is 35.1 Å². The molecule has 3 rings (SSSR count). The van der Waals surface area contributed by atoms with Gasteiger partial charge >= 0.3 is 0 Å². The SMILES string of the molecule is CCN1C(=O)S/C(=C/c2ccccc2OCC(=O)Nc2ccc(F)cc2)C1=O. The highest BCUT2D eigenvalue weighted by Crippen LogP contribution is 2.33. The average molecular weight is 400 g/mol. The Morgan fingerprint density at radius 2 is 1.89 bits per heavy atom. The number of likely N-dealkylation sites (N-methyl/N-ethyl adjacent to an activating group) is 1. The molecule has 0 unspecified atom stereocenters. The van der Waals surface area contributed by atoms with Crippen molar-refractivity contribution < 1.29 is 23.5 Å². The molecule has 144 valence electrons. The standard InChI is InChI=1S/C20H17FN2O4S/c1-2-23-19(25)17(28-20(23)26)11-13-5-3-4-6-16(13)27-12-18(24)22-15-9-7-14(21)8-10-15/h3-11H,2,12H2,1H3,(H,22,24)/b17-11+. The number of rotatable bonds is 6. The lowest BCUT2D eigenvalue weighted by Crippen LogP contribution is -2.27. The van der Waals surface area contributed by atoms with Crippen molar-refractivity contribution in [2.75, 3.05) is 18.5 Å². The molecule has 8 heteroatoms. The summed E-state index contributed by atoms with van der Waals surface area (Å²) in [6.45, 7) is 1.78. The molecule has 2 aromatic rings. The molecule has 1 aliphatic rings. The van der Waals surface area contributed by atoms with Crippen molar-refractivity contribution in [1.82, 2.24) is 4.90 Å². The number of nitrogens with one attached hydrogen (secondary N) is 1. The summed E-state index contributed by atoms with van der Waals surface area (Å²) in [5, 5.41) is 2.29. The zero-order valence-corrected chi connectivity index (χ0v) is 15.8. The molecule has 1 saturated heterocycles. The van der Waals surface area contributed by atoms with Gasteiger partial charge in [0, 0.05) is 17.8 Å². The van der Waals surface area contributed by atoms with E-state index in [2.05, 4.69) is 5.32 Å². The number of thioether (sulfide) groups is 1. The number of hydrogen-bond donors (Lipinski definition) is 1. The van der Waals surface area contributed by atoms with Crippen LogP contribution < -0.4 is 10.1 Å². The van der Waals surface area contributed by atoms with E-state index in [1.165, 1.54) is 24.3 Å². The molecule has 3 amide bonds. The number of para-hydroxylation sites is 1. The summed E-state index contributed by atoms with van der Waals surface area (Å²) in [7, 11) is 0. The second-order valence-electron chi connectivity index (χ2n) is 5.81. The van der Waals surface area contributed by atoms with Gasteiger partial charge in [0.2, 0.25) is 0 Å². The third kappa shape index (κ3) is 4.58. The number of hydrogen-bond acceptors (Lipinski definition) is 5. The summed E-state index contributed by atoms with van der Waals surface area (Å²) in [6.07, 6.45) is 1.58. The molecule has 0 aromatic heterocycles. The van der Waals surface area contributed by atoms with E-state index in [9.17, 15) is 18.8 Å². The normalized spacial score (nSPS) is 15.2. The molecule has 0 atom stereocenters. The molecule has 1 N–H and O–H groups in total. The Bertz CT molecular complexity index is 943. The van der Waals surface area contributed by atoms with E-state index in [4.69, 9.17) is 4.74 Å². The average Bonchev–Trinajstić information content (AvgIpc) is 2.95. The fourth-order valence-electron chi connectivity index (χ4n) is 2.52. The summed E-state index contributed by atoms with van der Waals surface area (Å²) in [4.78, 5) is 37.6. The second kappa shape index (κ2) is 8.71. The molecule has 2 aromatic carbocycles. The number of imide groups is 1. The Hall–Kier alpha value is -3.13. The molecular formula is C20H17FN2O4S. The van der Waals surface area contributed by atoms with Crippen LogP contribution >= 0.6 is 11.8 Å². The van der Waals surface area contributed by atoms with Crippen molar-refractivity contribution in [3.8, 4) is 5.75 Å². The fraction of sp³-hybridized carbons (Fsp3) is 0.150. The molecule has 1 heterocycles. The molecular weight excluding hydrogens is 383 g/mol. The van der Waals surface area contributed by atoms with Crippen LogP contribution in [0.3, 0.4) is 0 Å². The number of anilines is 1. The number of nitrogens with zero attached hydrogens (tertiary/aromatic N) is 1. The van der Waals surface area contributed by atoms with Crippen LogP contribution in [0.4, 0.5) is 14.9 Å². The zero-order valence-electron chi connectivity index (χ0n) is 15.0. The molecule has 1 aliphatic heterocycles. The Kier molecular flexibility index (Phi) is 6.10. The van der Waals surface area contributed by atoms with Gasteiger partial charge in [-0.05, 0) is 55.1 Å². The number of carbonyl (C=O) groups excluding carboxylic acids is 3. The first-order valence-corrected chi connectivity index (χ1v) is 9.32. The largest absolute Gasteiger partial charge is 0.483 e. The summed E-state index contributed by atoms with van der Waals surface area (Å²) in [5.74, 6) is -0.746. The quantitative estimate of drug-likeness (QED) is 0.745. The number of amides is 3. The number of benzene rings is 2. The van der Waals surface area contributed by atoms with Crippen molar-refractivity contribution >= 4 is 40.6 Å². The van der Waals surface area contributed by atoms with Gasteiger partial charge in [-0.2, -0.15) is 0 Å². The lowest BCUT2D eigenvalue weighted by atomic mass is 10.2. The van der Waals surface area contributed by atoms with Gasteiger partial charge in [0.15, 0.2) is 6.61 Å². The van der Waals surface area contributed by atoms with Crippen molar-refractivity contribution in [2.45, 2.75) is 6.92 Å². The first-order chi connectivity index (χ1) is 13.5. The van der Waals surface area contributed by atoms with Crippen molar-refractivity contribution in [3.05, 3.63) is 64.8 Å². The molecule has 6 nitrogen and oxygen atoms in total. The van der Waals surface area contributed by atoms with Crippen LogP contribution in [0.1, 0.15) is 12.5 Å². The van der Waals surface area contributed by atoms with E-state index >= 15 is 0 Å². The third-order valence-electron chi connectivity index (χ3n) is 3.88. The Morgan fingerprint density at radius 3 is 2.57 bits per heavy atom. The first-order valence-electron chi connectivity index (χ1n) is 8.50. The predicted molar refractivity (Wildman–Crippen MR) is 105 cm³/mol. The van der Waals surface area contributed by atoms with Gasteiger partial charge in [0.25, 0.3) is 17.1 Å². The molecule has 0 aliphatic carbocycles. The number of halogens is 1. The Balaban J connectivity index is 1.68. The summed E-state index contributed by atoms with van der Waals surface area (Å²) >= 11 is 0.870. The fourth-order valence-corrected chi connectivity index (χ4v) is 3.41. The van der Waals surface area contributed by atoms with Gasteiger partial charge in [-0.1, -0.05) is 18.2 Å². The van der Waals surface area contributed by atoms with E-state index in [1.807, 2.05) is 0 Å². The number of carbonyl (C=O) groups is 3. The minimum absolute atomic E-state index is 0.265. The summed E-state index contributed by atoms with van der Waals surface area (Å²) in [6, 6.07) is 12.3. The van der Waals surface area contributed by atoms with Crippen LogP contribution in [-0.2, 0) is 9.59 Å². The molecule has 0 radical (unpaired) electrons. The van der Waals surface area contributed by atoms with Crippen LogP contribution in [0.2, 0.25) is 0 Å².